The van der Waals surface area contributed by atoms with Gasteiger partial charge in [0.2, 0.25) is 0 Å². The summed E-state index contributed by atoms with van der Waals surface area (Å²) in [5.74, 6) is -0.0967. The van der Waals surface area contributed by atoms with Crippen molar-refractivity contribution in [1.29, 1.82) is 0 Å². The zero-order chi connectivity index (χ0) is 12.4. The third-order valence-electron chi connectivity index (χ3n) is 2.53. The van der Waals surface area contributed by atoms with Gasteiger partial charge in [0.25, 0.3) is 0 Å². The number of ketones is 1. The zero-order valence-electron chi connectivity index (χ0n) is 9.27. The molecule has 0 aliphatic heterocycles. The minimum atomic E-state index is -0.0967. The van der Waals surface area contributed by atoms with Crippen molar-refractivity contribution in [2.45, 2.75) is 6.92 Å². The Balaban J connectivity index is 2.48. The summed E-state index contributed by atoms with van der Waals surface area (Å²) in [6, 6.07) is 7.15. The van der Waals surface area contributed by atoms with Crippen LogP contribution in [0.15, 0.2) is 41.1 Å². The molecule has 17 heavy (non-hydrogen) atoms. The van der Waals surface area contributed by atoms with Crippen LogP contribution < -0.4 is 5.73 Å². The van der Waals surface area contributed by atoms with Crippen LogP contribution in [0.2, 0.25) is 0 Å². The highest BCUT2D eigenvalue weighted by atomic mass is 79.9. The Morgan fingerprint density at radius 3 is 2.71 bits per heavy atom. The van der Waals surface area contributed by atoms with E-state index in [2.05, 4.69) is 20.9 Å². The van der Waals surface area contributed by atoms with Crippen molar-refractivity contribution in [2.75, 3.05) is 5.73 Å². The Kier molecular flexibility index (Phi) is 3.24. The summed E-state index contributed by atoms with van der Waals surface area (Å²) >= 11 is 3.37. The number of benzene rings is 1. The molecule has 2 N–H and O–H groups in total. The monoisotopic (exact) mass is 290 g/mol. The first kappa shape index (κ1) is 11.8. The minimum absolute atomic E-state index is 0.0967. The van der Waals surface area contributed by atoms with Crippen molar-refractivity contribution in [1.82, 2.24) is 4.98 Å². The number of aromatic nitrogens is 1. The number of aryl methyl sites for hydroxylation is 1. The second-order valence-electron chi connectivity index (χ2n) is 3.75. The van der Waals surface area contributed by atoms with Crippen molar-refractivity contribution in [3.05, 3.63) is 57.8 Å². The average Bonchev–Trinajstić information content (AvgIpc) is 2.29. The van der Waals surface area contributed by atoms with Gasteiger partial charge in [-0.3, -0.25) is 9.78 Å². The van der Waals surface area contributed by atoms with Crippen LogP contribution in [-0.4, -0.2) is 10.8 Å². The lowest BCUT2D eigenvalue weighted by molar-refractivity contribution is 0.103. The number of pyridine rings is 1. The van der Waals surface area contributed by atoms with E-state index in [0.717, 1.165) is 10.0 Å². The summed E-state index contributed by atoms with van der Waals surface area (Å²) in [6.07, 6.45) is 3.07. The fraction of sp³-hybridized carbons (Fsp3) is 0.0769. The van der Waals surface area contributed by atoms with E-state index in [9.17, 15) is 4.79 Å². The number of rotatable bonds is 2. The fourth-order valence-electron chi connectivity index (χ4n) is 1.62. The molecule has 4 heteroatoms. The summed E-state index contributed by atoms with van der Waals surface area (Å²) in [6.45, 7) is 1.89. The molecule has 0 saturated carbocycles. The molecule has 1 aromatic carbocycles. The summed E-state index contributed by atoms with van der Waals surface area (Å²) in [5.41, 5.74) is 8.22. The van der Waals surface area contributed by atoms with E-state index in [0.29, 0.717) is 16.8 Å². The first-order valence-corrected chi connectivity index (χ1v) is 5.89. The Morgan fingerprint density at radius 1 is 1.29 bits per heavy atom. The van der Waals surface area contributed by atoms with E-state index in [1.54, 1.807) is 18.3 Å². The van der Waals surface area contributed by atoms with Gasteiger partial charge in [0.05, 0.1) is 5.56 Å². The Labute approximate surface area is 108 Å². The van der Waals surface area contributed by atoms with Gasteiger partial charge in [-0.15, -0.1) is 0 Å². The normalized spacial score (nSPS) is 10.2. The number of hydrogen-bond donors (Lipinski definition) is 1. The summed E-state index contributed by atoms with van der Waals surface area (Å²) < 4.78 is 0.950. The van der Waals surface area contributed by atoms with Gasteiger partial charge in [-0.2, -0.15) is 0 Å². The Hall–Kier alpha value is -1.68. The molecule has 1 heterocycles. The van der Waals surface area contributed by atoms with Crippen LogP contribution >= 0.6 is 15.9 Å². The SMILES string of the molecule is Cc1cc(Br)ccc1C(=O)c1cnccc1N. The van der Waals surface area contributed by atoms with Crippen LogP contribution in [-0.2, 0) is 0 Å². The first-order chi connectivity index (χ1) is 8.09. The number of nitrogens with two attached hydrogens (primary N) is 1. The summed E-state index contributed by atoms with van der Waals surface area (Å²) in [4.78, 5) is 16.2. The molecule has 0 bridgehead atoms. The number of anilines is 1. The van der Waals surface area contributed by atoms with Gasteiger partial charge >= 0.3 is 0 Å². The van der Waals surface area contributed by atoms with E-state index in [4.69, 9.17) is 5.73 Å². The number of carbonyl (C=O) groups excluding carboxylic acids is 1. The maximum Gasteiger partial charge on any atom is 0.196 e. The van der Waals surface area contributed by atoms with Crippen molar-refractivity contribution in [3.63, 3.8) is 0 Å². The molecule has 3 nitrogen and oxygen atoms in total. The highest BCUT2D eigenvalue weighted by molar-refractivity contribution is 9.10. The number of carbonyl (C=O) groups is 1. The maximum absolute atomic E-state index is 12.3. The minimum Gasteiger partial charge on any atom is -0.398 e. The van der Waals surface area contributed by atoms with Crippen LogP contribution in [0.5, 0.6) is 0 Å². The zero-order valence-corrected chi connectivity index (χ0v) is 10.9. The first-order valence-electron chi connectivity index (χ1n) is 5.10. The van der Waals surface area contributed by atoms with Gasteiger partial charge in [-0.05, 0) is 36.8 Å². The molecule has 0 unspecified atom stereocenters. The quantitative estimate of drug-likeness (QED) is 0.865. The molecule has 0 radical (unpaired) electrons. The maximum atomic E-state index is 12.3. The molecular formula is C13H11BrN2O. The second-order valence-corrected chi connectivity index (χ2v) is 4.67. The molecule has 2 rings (SSSR count). The molecule has 0 aliphatic rings. The Morgan fingerprint density at radius 2 is 2.06 bits per heavy atom. The van der Waals surface area contributed by atoms with Crippen molar-refractivity contribution in [2.24, 2.45) is 0 Å². The highest BCUT2D eigenvalue weighted by Crippen LogP contribution is 2.20. The van der Waals surface area contributed by atoms with Gasteiger partial charge in [0.15, 0.2) is 5.78 Å². The van der Waals surface area contributed by atoms with Gasteiger partial charge in [-0.25, -0.2) is 0 Å². The molecule has 86 valence electrons. The average molecular weight is 291 g/mol. The fourth-order valence-corrected chi connectivity index (χ4v) is 2.10. The molecule has 0 spiro atoms. The van der Waals surface area contributed by atoms with Crippen LogP contribution in [0, 0.1) is 6.92 Å². The lowest BCUT2D eigenvalue weighted by atomic mass is 9.99. The van der Waals surface area contributed by atoms with E-state index in [1.807, 2.05) is 19.1 Å². The topological polar surface area (TPSA) is 56.0 Å². The molecule has 0 saturated heterocycles. The lowest BCUT2D eigenvalue weighted by Gasteiger charge is -2.07. The molecule has 0 aliphatic carbocycles. The van der Waals surface area contributed by atoms with Crippen LogP contribution in [0.25, 0.3) is 0 Å². The lowest BCUT2D eigenvalue weighted by Crippen LogP contribution is -2.07. The predicted molar refractivity (Wildman–Crippen MR) is 71.0 cm³/mol. The Bertz CT molecular complexity index is 581. The predicted octanol–water partition coefficient (Wildman–Crippen LogP) is 2.97. The standard InChI is InChI=1S/C13H11BrN2O/c1-8-6-9(14)2-3-10(8)13(17)11-7-16-5-4-12(11)15/h2-7H,1H3,(H2,15,16). The van der Waals surface area contributed by atoms with Gasteiger partial charge < -0.3 is 5.73 Å². The largest absolute Gasteiger partial charge is 0.398 e. The molecule has 0 fully saturated rings. The molecule has 0 amide bonds. The summed E-state index contributed by atoms with van der Waals surface area (Å²) in [7, 11) is 0. The van der Waals surface area contributed by atoms with Crippen LogP contribution in [0.4, 0.5) is 5.69 Å². The second kappa shape index (κ2) is 4.67. The van der Waals surface area contributed by atoms with E-state index in [-0.39, 0.29) is 5.78 Å². The van der Waals surface area contributed by atoms with Crippen LogP contribution in [0.1, 0.15) is 21.5 Å². The number of halogens is 1. The molecule has 2 aromatic rings. The number of nitrogens with zero attached hydrogens (tertiary/aromatic N) is 1. The van der Waals surface area contributed by atoms with Gasteiger partial charge in [-0.1, -0.05) is 15.9 Å². The van der Waals surface area contributed by atoms with Crippen molar-refractivity contribution in [3.8, 4) is 0 Å². The summed E-state index contributed by atoms with van der Waals surface area (Å²) in [5, 5.41) is 0. The smallest absolute Gasteiger partial charge is 0.196 e. The van der Waals surface area contributed by atoms with E-state index < -0.39 is 0 Å². The molecular weight excluding hydrogens is 280 g/mol. The molecule has 1 aromatic heterocycles. The van der Waals surface area contributed by atoms with E-state index >= 15 is 0 Å². The molecule has 0 atom stereocenters. The van der Waals surface area contributed by atoms with Crippen molar-refractivity contribution < 1.29 is 4.79 Å². The number of nitrogen functional groups attached to an aromatic ring is 1. The third-order valence-corrected chi connectivity index (χ3v) is 3.03. The van der Waals surface area contributed by atoms with Crippen molar-refractivity contribution >= 4 is 27.4 Å². The third kappa shape index (κ3) is 2.36. The highest BCUT2D eigenvalue weighted by Gasteiger charge is 2.14. The van der Waals surface area contributed by atoms with Gasteiger partial charge in [0.1, 0.15) is 0 Å². The van der Waals surface area contributed by atoms with Crippen LogP contribution in [0.3, 0.4) is 0 Å². The van der Waals surface area contributed by atoms with Gasteiger partial charge in [0, 0.05) is 28.1 Å². The van der Waals surface area contributed by atoms with E-state index in [1.165, 1.54) is 6.20 Å². The number of hydrogen-bond acceptors (Lipinski definition) is 3.